The summed E-state index contributed by atoms with van der Waals surface area (Å²) < 4.78 is 6.56. The molecule has 22 heavy (non-hydrogen) atoms. The van der Waals surface area contributed by atoms with Crippen LogP contribution in [0, 0.1) is 16.3 Å². The van der Waals surface area contributed by atoms with Crippen LogP contribution in [0.25, 0.3) is 22.1 Å². The van der Waals surface area contributed by atoms with Crippen molar-refractivity contribution in [3.63, 3.8) is 0 Å². The third kappa shape index (κ3) is 2.09. The monoisotopic (exact) mass is 298 g/mol. The number of hydrogen-bond acceptors (Lipinski definition) is 4. The molecule has 112 valence electrons. The number of para-hydroxylation sites is 3. The van der Waals surface area contributed by atoms with Crippen molar-refractivity contribution >= 4 is 28.0 Å². The van der Waals surface area contributed by atoms with E-state index in [4.69, 9.17) is 4.74 Å². The maximum Gasteiger partial charge on any atom is 0.333 e. The van der Waals surface area contributed by atoms with Crippen LogP contribution < -0.4 is 14.2 Å². The predicted molar refractivity (Wildman–Crippen MR) is 79.8 cm³/mol. The van der Waals surface area contributed by atoms with Crippen LogP contribution in [-0.2, 0) is 4.79 Å². The van der Waals surface area contributed by atoms with Gasteiger partial charge in [0.1, 0.15) is 0 Å². The molecule has 0 aliphatic rings. The van der Waals surface area contributed by atoms with Gasteiger partial charge in [-0.1, -0.05) is 32.0 Å². The predicted octanol–water partition coefficient (Wildman–Crippen LogP) is 1.82. The molecule has 3 aromatic rings. The van der Waals surface area contributed by atoms with E-state index < -0.39 is 5.97 Å². The Hall–Kier alpha value is -2.89. The first kappa shape index (κ1) is 14.1. The lowest BCUT2D eigenvalue weighted by molar-refractivity contribution is -0.591. The zero-order valence-electron chi connectivity index (χ0n) is 12.1. The summed E-state index contributed by atoms with van der Waals surface area (Å²) in [6, 6.07) is 11.1. The van der Waals surface area contributed by atoms with Crippen LogP contribution in [0.1, 0.15) is 13.8 Å². The van der Waals surface area contributed by atoms with Gasteiger partial charge < -0.3 is 15.2 Å². The molecule has 3 rings (SSSR count). The van der Waals surface area contributed by atoms with E-state index in [9.17, 15) is 15.2 Å². The third-order valence-corrected chi connectivity index (χ3v) is 3.40. The van der Waals surface area contributed by atoms with Crippen LogP contribution in [0.3, 0.4) is 0 Å². The van der Waals surface area contributed by atoms with Gasteiger partial charge in [0.15, 0.2) is 0 Å². The van der Waals surface area contributed by atoms with Gasteiger partial charge in [0.25, 0.3) is 16.6 Å². The van der Waals surface area contributed by atoms with E-state index in [2.05, 4.69) is 0 Å². The minimum Gasteiger partial charge on any atom is -0.617 e. The highest BCUT2D eigenvalue weighted by Crippen LogP contribution is 2.23. The van der Waals surface area contributed by atoms with Crippen molar-refractivity contribution in [2.75, 3.05) is 0 Å². The summed E-state index contributed by atoms with van der Waals surface area (Å²) in [5.41, 5.74) is 0.684. The second-order valence-corrected chi connectivity index (χ2v) is 5.28. The Morgan fingerprint density at radius 1 is 0.955 bits per heavy atom. The minimum atomic E-state index is -0.460. The lowest BCUT2D eigenvalue weighted by Crippen LogP contribution is -2.39. The smallest absolute Gasteiger partial charge is 0.333 e. The number of benzene rings is 2. The van der Waals surface area contributed by atoms with E-state index in [0.29, 0.717) is 9.46 Å². The molecule has 0 aliphatic heterocycles. The van der Waals surface area contributed by atoms with Crippen LogP contribution in [0.5, 0.6) is 5.75 Å². The Bertz CT molecular complexity index is 890. The Morgan fingerprint density at radius 3 is 2.18 bits per heavy atom. The molecule has 0 atom stereocenters. The van der Waals surface area contributed by atoms with Gasteiger partial charge in [-0.25, -0.2) is 0 Å². The largest absolute Gasteiger partial charge is 0.617 e. The second kappa shape index (κ2) is 5.14. The first-order valence-electron chi connectivity index (χ1n) is 6.89. The third-order valence-electron chi connectivity index (χ3n) is 3.40. The van der Waals surface area contributed by atoms with Gasteiger partial charge in [0, 0.05) is 18.2 Å². The standard InChI is InChI=1S/C16H14N2O4/c1-10(2)16(19)22-14-9-5-8-13-15(14)18(21)12-7-4-3-6-11(12)17(13)20/h3-10H,1-2H3. The summed E-state index contributed by atoms with van der Waals surface area (Å²) in [5.74, 6) is -0.713. The zero-order chi connectivity index (χ0) is 15.9. The molecule has 0 radical (unpaired) electrons. The van der Waals surface area contributed by atoms with Crippen molar-refractivity contribution in [3.8, 4) is 5.75 Å². The molecule has 6 nitrogen and oxygen atoms in total. The lowest BCUT2D eigenvalue weighted by atomic mass is 10.2. The number of carbonyl (C=O) groups excluding carboxylic acids is 1. The van der Waals surface area contributed by atoms with Gasteiger partial charge in [0.05, 0.1) is 5.92 Å². The average molecular weight is 298 g/mol. The topological polar surface area (TPSA) is 80.2 Å². The van der Waals surface area contributed by atoms with Gasteiger partial charge in [0.2, 0.25) is 5.75 Å². The zero-order valence-corrected chi connectivity index (χ0v) is 12.1. The Kier molecular flexibility index (Phi) is 3.29. The molecule has 0 aliphatic carbocycles. The first-order valence-corrected chi connectivity index (χ1v) is 6.89. The fraction of sp³-hybridized carbons (Fsp3) is 0.188. The van der Waals surface area contributed by atoms with E-state index in [1.165, 1.54) is 12.1 Å². The van der Waals surface area contributed by atoms with E-state index in [1.807, 2.05) is 0 Å². The molecule has 0 saturated carbocycles. The summed E-state index contributed by atoms with van der Waals surface area (Å²) >= 11 is 0. The molecule has 0 amide bonds. The average Bonchev–Trinajstić information content (AvgIpc) is 2.52. The summed E-state index contributed by atoms with van der Waals surface area (Å²) in [4.78, 5) is 11.8. The maximum atomic E-state index is 12.6. The summed E-state index contributed by atoms with van der Waals surface area (Å²) in [7, 11) is 0. The van der Waals surface area contributed by atoms with Crippen LogP contribution in [0.15, 0.2) is 42.5 Å². The highest BCUT2D eigenvalue weighted by Gasteiger charge is 2.26. The molecule has 2 aromatic carbocycles. The van der Waals surface area contributed by atoms with Gasteiger partial charge in [-0.2, -0.15) is 9.46 Å². The van der Waals surface area contributed by atoms with Gasteiger partial charge >= 0.3 is 11.5 Å². The number of esters is 1. The molecule has 0 saturated heterocycles. The van der Waals surface area contributed by atoms with Crippen molar-refractivity contribution in [1.82, 2.24) is 0 Å². The molecule has 0 unspecified atom stereocenters. The first-order chi connectivity index (χ1) is 10.5. The van der Waals surface area contributed by atoms with Crippen molar-refractivity contribution in [1.29, 1.82) is 0 Å². The Labute approximate surface area is 126 Å². The van der Waals surface area contributed by atoms with Crippen LogP contribution >= 0.6 is 0 Å². The van der Waals surface area contributed by atoms with Crippen molar-refractivity contribution in [2.24, 2.45) is 5.92 Å². The van der Waals surface area contributed by atoms with Crippen LogP contribution in [0.2, 0.25) is 0 Å². The summed E-state index contributed by atoms with van der Waals surface area (Å²) in [6.07, 6.45) is 0. The lowest BCUT2D eigenvalue weighted by Gasteiger charge is -2.11. The second-order valence-electron chi connectivity index (χ2n) is 5.28. The Balaban J connectivity index is 2.34. The summed E-state index contributed by atoms with van der Waals surface area (Å²) in [5, 5.41) is 25.0. The van der Waals surface area contributed by atoms with E-state index in [-0.39, 0.29) is 33.7 Å². The highest BCUT2D eigenvalue weighted by atomic mass is 16.5. The van der Waals surface area contributed by atoms with E-state index in [0.717, 1.165) is 0 Å². The maximum absolute atomic E-state index is 12.6. The van der Waals surface area contributed by atoms with E-state index in [1.54, 1.807) is 44.2 Å². The van der Waals surface area contributed by atoms with E-state index >= 15 is 0 Å². The minimum absolute atomic E-state index is 0.0465. The molecule has 1 aromatic heterocycles. The quantitative estimate of drug-likeness (QED) is 0.238. The number of aromatic nitrogens is 2. The molecule has 0 N–H and O–H groups in total. The normalized spacial score (nSPS) is 11.2. The van der Waals surface area contributed by atoms with Gasteiger partial charge in [-0.15, -0.1) is 0 Å². The molecule has 0 spiro atoms. The molecular weight excluding hydrogens is 284 g/mol. The fourth-order valence-electron chi connectivity index (χ4n) is 2.25. The van der Waals surface area contributed by atoms with Crippen LogP contribution in [-0.4, -0.2) is 5.97 Å². The van der Waals surface area contributed by atoms with Crippen molar-refractivity contribution < 1.29 is 19.0 Å². The summed E-state index contributed by atoms with van der Waals surface area (Å²) in [6.45, 7) is 3.39. The Morgan fingerprint density at radius 2 is 1.55 bits per heavy atom. The molecular formula is C16H14N2O4. The number of carbonyl (C=O) groups is 1. The molecule has 1 heterocycles. The van der Waals surface area contributed by atoms with Crippen molar-refractivity contribution in [3.05, 3.63) is 52.9 Å². The SMILES string of the molecule is CC(C)C(=O)Oc1cccc2c1[n+]([O-])c1ccccc1[n+]2[O-]. The number of nitrogens with zero attached hydrogens (tertiary/aromatic N) is 2. The van der Waals surface area contributed by atoms with Crippen molar-refractivity contribution in [2.45, 2.75) is 13.8 Å². The molecule has 0 fully saturated rings. The number of fused-ring (bicyclic) bond motifs is 2. The van der Waals surface area contributed by atoms with Crippen LogP contribution in [0.4, 0.5) is 0 Å². The van der Waals surface area contributed by atoms with Gasteiger partial charge in [-0.05, 0) is 6.07 Å². The number of hydrogen-bond donors (Lipinski definition) is 0. The van der Waals surface area contributed by atoms with Gasteiger partial charge in [-0.3, -0.25) is 4.79 Å². The molecule has 6 heteroatoms. The number of ether oxygens (including phenoxy) is 1. The highest BCUT2D eigenvalue weighted by molar-refractivity contribution is 5.84. The fourth-order valence-corrected chi connectivity index (χ4v) is 2.25. The molecule has 0 bridgehead atoms. The number of rotatable bonds is 2.